The van der Waals surface area contributed by atoms with Crippen molar-refractivity contribution in [2.45, 2.75) is 19.3 Å². The van der Waals surface area contributed by atoms with Crippen molar-refractivity contribution in [3.05, 3.63) is 0 Å². The molecule has 80 valence electrons. The molecule has 1 saturated carbocycles. The minimum Gasteiger partial charge on any atom is -0.481 e. The molecule has 1 aliphatic heterocycles. The van der Waals surface area contributed by atoms with Crippen LogP contribution in [0.3, 0.4) is 0 Å². The fraction of sp³-hybridized carbons (Fsp3) is 0.556. The second kappa shape index (κ2) is 3.45. The minimum atomic E-state index is -0.857. The van der Waals surface area contributed by atoms with Gasteiger partial charge in [0.15, 0.2) is 0 Å². The summed E-state index contributed by atoms with van der Waals surface area (Å²) in [4.78, 5) is 29.8. The smallest absolute Gasteiger partial charge is 0.306 e. The normalized spacial score (nSPS) is 30.3. The highest BCUT2D eigenvalue weighted by Crippen LogP contribution is 2.29. The Hall–Kier alpha value is -1.72. The van der Waals surface area contributed by atoms with Crippen LogP contribution >= 0.6 is 0 Å². The van der Waals surface area contributed by atoms with Gasteiger partial charge in [-0.3, -0.25) is 9.59 Å². The molecule has 0 radical (unpaired) electrons. The van der Waals surface area contributed by atoms with E-state index >= 15 is 0 Å². The van der Waals surface area contributed by atoms with Gasteiger partial charge in [-0.15, -0.1) is 0 Å². The van der Waals surface area contributed by atoms with Gasteiger partial charge in [0.05, 0.1) is 11.8 Å². The Morgan fingerprint density at radius 3 is 2.87 bits per heavy atom. The van der Waals surface area contributed by atoms with E-state index in [0.717, 1.165) is 0 Å². The van der Waals surface area contributed by atoms with Crippen LogP contribution in [0.15, 0.2) is 9.98 Å². The van der Waals surface area contributed by atoms with E-state index in [-0.39, 0.29) is 11.9 Å². The lowest BCUT2D eigenvalue weighted by Gasteiger charge is -2.27. The lowest BCUT2D eigenvalue weighted by molar-refractivity contribution is -0.142. The second-order valence-corrected chi connectivity index (χ2v) is 3.77. The molecule has 2 aliphatic rings. The molecule has 0 saturated heterocycles. The summed E-state index contributed by atoms with van der Waals surface area (Å²) in [6.45, 7) is 0. The molecule has 0 bridgehead atoms. The summed E-state index contributed by atoms with van der Waals surface area (Å²) in [6, 6.07) is 0. The topological polar surface area (TPSA) is 105 Å². The van der Waals surface area contributed by atoms with E-state index in [1.807, 2.05) is 0 Å². The van der Waals surface area contributed by atoms with Crippen LogP contribution in [0.1, 0.15) is 19.3 Å². The summed E-state index contributed by atoms with van der Waals surface area (Å²) < 4.78 is 0. The van der Waals surface area contributed by atoms with Crippen LogP contribution in [0, 0.1) is 11.8 Å². The Balaban J connectivity index is 2.20. The molecule has 6 heteroatoms. The molecular weight excluding hydrogens is 198 g/mol. The number of aliphatic carboxylic acids is 1. The fourth-order valence-electron chi connectivity index (χ4n) is 2.00. The minimum absolute atomic E-state index is 0.0139. The van der Waals surface area contributed by atoms with Gasteiger partial charge in [0.25, 0.3) is 5.91 Å². The predicted molar refractivity (Wildman–Crippen MR) is 52.5 cm³/mol. The number of carboxylic acids is 1. The first kappa shape index (κ1) is 9.82. The molecule has 0 spiro atoms. The van der Waals surface area contributed by atoms with Crippen molar-refractivity contribution in [2.75, 3.05) is 0 Å². The number of nitrogens with zero attached hydrogens (tertiary/aromatic N) is 2. The number of carbonyl (C=O) groups is 2. The molecule has 3 N–H and O–H groups in total. The third-order valence-electron chi connectivity index (χ3n) is 2.80. The zero-order valence-electron chi connectivity index (χ0n) is 8.01. The van der Waals surface area contributed by atoms with Gasteiger partial charge in [-0.05, 0) is 19.3 Å². The SMILES string of the molecule is NC1=NC(=O)C2CC(C(=O)O)CCC2=N1. The van der Waals surface area contributed by atoms with E-state index in [0.29, 0.717) is 25.0 Å². The number of amides is 1. The molecule has 6 nitrogen and oxygen atoms in total. The van der Waals surface area contributed by atoms with E-state index in [1.54, 1.807) is 0 Å². The number of hydrogen-bond acceptors (Lipinski definition) is 4. The first-order valence-electron chi connectivity index (χ1n) is 4.76. The first-order valence-corrected chi connectivity index (χ1v) is 4.76. The summed E-state index contributed by atoms with van der Waals surface area (Å²) in [5.41, 5.74) is 6.04. The lowest BCUT2D eigenvalue weighted by Crippen LogP contribution is -2.37. The summed E-state index contributed by atoms with van der Waals surface area (Å²) in [5.74, 6) is -2.16. The van der Waals surface area contributed by atoms with Crippen molar-refractivity contribution in [3.63, 3.8) is 0 Å². The molecular formula is C9H11N3O3. The zero-order chi connectivity index (χ0) is 11.0. The van der Waals surface area contributed by atoms with Gasteiger partial charge in [-0.25, -0.2) is 4.99 Å². The molecule has 0 aromatic rings. The first-order chi connectivity index (χ1) is 7.08. The Bertz CT molecular complexity index is 386. The van der Waals surface area contributed by atoms with Crippen LogP contribution in [0.4, 0.5) is 0 Å². The van der Waals surface area contributed by atoms with Gasteiger partial charge in [0.2, 0.25) is 5.96 Å². The maximum atomic E-state index is 11.5. The summed E-state index contributed by atoms with van der Waals surface area (Å²) in [5, 5.41) is 8.86. The number of carbonyl (C=O) groups excluding carboxylic acids is 1. The molecule has 0 aromatic heterocycles. The standard InChI is InChI=1S/C9H11N3O3/c10-9-11-6-2-1-4(8(14)15)3-5(6)7(13)12-9/h4-5H,1-3H2,(H,14,15)(H2,10,12,13). The van der Waals surface area contributed by atoms with Crippen LogP contribution in [0.2, 0.25) is 0 Å². The highest BCUT2D eigenvalue weighted by Gasteiger charge is 2.37. The van der Waals surface area contributed by atoms with Crippen molar-refractivity contribution >= 4 is 23.5 Å². The van der Waals surface area contributed by atoms with Crippen molar-refractivity contribution in [1.29, 1.82) is 0 Å². The molecule has 2 atom stereocenters. The molecule has 2 unspecified atom stereocenters. The zero-order valence-corrected chi connectivity index (χ0v) is 8.01. The van der Waals surface area contributed by atoms with E-state index in [1.165, 1.54) is 0 Å². The third kappa shape index (κ3) is 1.74. The molecule has 2 rings (SSSR count). The molecule has 1 heterocycles. The molecule has 1 fully saturated rings. The molecule has 1 amide bonds. The predicted octanol–water partition coefficient (Wildman–Crippen LogP) is -0.217. The van der Waals surface area contributed by atoms with E-state index in [9.17, 15) is 9.59 Å². The summed E-state index contributed by atoms with van der Waals surface area (Å²) >= 11 is 0. The maximum Gasteiger partial charge on any atom is 0.306 e. The number of hydrogen-bond donors (Lipinski definition) is 2. The summed E-state index contributed by atoms with van der Waals surface area (Å²) in [6.07, 6.45) is 1.33. The quantitative estimate of drug-likeness (QED) is 0.622. The van der Waals surface area contributed by atoms with Crippen LogP contribution < -0.4 is 5.73 Å². The fourth-order valence-corrected chi connectivity index (χ4v) is 2.00. The van der Waals surface area contributed by atoms with Gasteiger partial charge in [0.1, 0.15) is 0 Å². The number of fused-ring (bicyclic) bond motifs is 1. The highest BCUT2D eigenvalue weighted by molar-refractivity contribution is 6.15. The largest absolute Gasteiger partial charge is 0.481 e. The second-order valence-electron chi connectivity index (χ2n) is 3.77. The van der Waals surface area contributed by atoms with Gasteiger partial charge >= 0.3 is 5.97 Å². The van der Waals surface area contributed by atoms with Gasteiger partial charge in [-0.1, -0.05) is 0 Å². The molecule has 1 aliphatic carbocycles. The van der Waals surface area contributed by atoms with E-state index in [2.05, 4.69) is 9.98 Å². The lowest BCUT2D eigenvalue weighted by atomic mass is 9.79. The maximum absolute atomic E-state index is 11.5. The number of rotatable bonds is 1. The van der Waals surface area contributed by atoms with E-state index < -0.39 is 17.8 Å². The van der Waals surface area contributed by atoms with Crippen LogP contribution in [0.25, 0.3) is 0 Å². The summed E-state index contributed by atoms with van der Waals surface area (Å²) in [7, 11) is 0. The Kier molecular flexibility index (Phi) is 2.26. The average molecular weight is 209 g/mol. The van der Waals surface area contributed by atoms with Crippen LogP contribution in [0.5, 0.6) is 0 Å². The number of guanidine groups is 1. The Labute approximate surface area is 85.9 Å². The Morgan fingerprint density at radius 2 is 2.20 bits per heavy atom. The van der Waals surface area contributed by atoms with Gasteiger partial charge < -0.3 is 10.8 Å². The highest BCUT2D eigenvalue weighted by atomic mass is 16.4. The number of aliphatic imine (C=N–C) groups is 2. The molecule has 15 heavy (non-hydrogen) atoms. The molecule has 0 aromatic carbocycles. The van der Waals surface area contributed by atoms with Crippen molar-refractivity contribution in [3.8, 4) is 0 Å². The van der Waals surface area contributed by atoms with Crippen molar-refractivity contribution in [1.82, 2.24) is 0 Å². The number of nitrogens with two attached hydrogens (primary N) is 1. The van der Waals surface area contributed by atoms with Crippen molar-refractivity contribution < 1.29 is 14.7 Å². The van der Waals surface area contributed by atoms with Crippen LogP contribution in [-0.4, -0.2) is 28.7 Å². The Morgan fingerprint density at radius 1 is 1.47 bits per heavy atom. The monoisotopic (exact) mass is 209 g/mol. The van der Waals surface area contributed by atoms with Gasteiger partial charge in [-0.2, -0.15) is 4.99 Å². The number of carboxylic acid groups (broad SMARTS) is 1. The van der Waals surface area contributed by atoms with Gasteiger partial charge in [0, 0.05) is 5.71 Å². The van der Waals surface area contributed by atoms with E-state index in [4.69, 9.17) is 10.8 Å². The van der Waals surface area contributed by atoms with Crippen molar-refractivity contribution in [2.24, 2.45) is 27.6 Å². The van der Waals surface area contributed by atoms with Crippen LogP contribution in [-0.2, 0) is 9.59 Å². The average Bonchev–Trinajstić information content (AvgIpc) is 2.16. The third-order valence-corrected chi connectivity index (χ3v) is 2.80.